The second-order valence-corrected chi connectivity index (χ2v) is 6.37. The molecular formula is C18H40N2. The molecule has 122 valence electrons. The first-order valence-corrected chi connectivity index (χ1v) is 9.26. The number of hydrogen-bond donors (Lipinski definition) is 2. The third kappa shape index (κ3) is 10.7. The fraction of sp³-hybridized carbons (Fsp3) is 1.00. The van der Waals surface area contributed by atoms with E-state index in [1.54, 1.807) is 0 Å². The van der Waals surface area contributed by atoms with E-state index in [4.69, 9.17) is 5.84 Å². The van der Waals surface area contributed by atoms with Gasteiger partial charge in [-0.25, -0.2) is 0 Å². The molecule has 0 bridgehead atoms. The maximum atomic E-state index is 5.78. The average Bonchev–Trinajstić information content (AvgIpc) is 2.46. The van der Waals surface area contributed by atoms with Crippen molar-refractivity contribution < 1.29 is 0 Å². The molecule has 0 aliphatic heterocycles. The Morgan fingerprint density at radius 2 is 1.15 bits per heavy atom. The van der Waals surface area contributed by atoms with Crippen molar-refractivity contribution in [3.05, 3.63) is 0 Å². The standard InChI is InChI=1S/C18H40N2/c1-4-7-8-9-10-11-12-13-16-18(20-19)17(14-5-2)15-6-3/h17-18,20H,4-16,19H2,1-3H3. The largest absolute Gasteiger partial charge is 0.271 e. The van der Waals surface area contributed by atoms with Crippen LogP contribution in [0, 0.1) is 5.92 Å². The van der Waals surface area contributed by atoms with Gasteiger partial charge in [-0.15, -0.1) is 0 Å². The van der Waals surface area contributed by atoms with E-state index in [0.717, 1.165) is 5.92 Å². The molecular weight excluding hydrogens is 244 g/mol. The summed E-state index contributed by atoms with van der Waals surface area (Å²) in [5.74, 6) is 6.56. The molecule has 0 spiro atoms. The number of hydrogen-bond acceptors (Lipinski definition) is 2. The Morgan fingerprint density at radius 3 is 1.60 bits per heavy atom. The molecule has 0 amide bonds. The van der Waals surface area contributed by atoms with Gasteiger partial charge in [-0.1, -0.05) is 85.0 Å². The van der Waals surface area contributed by atoms with Crippen LogP contribution in [0.3, 0.4) is 0 Å². The third-order valence-corrected chi connectivity index (χ3v) is 4.47. The number of rotatable bonds is 15. The van der Waals surface area contributed by atoms with Crippen LogP contribution in [0.2, 0.25) is 0 Å². The smallest absolute Gasteiger partial charge is 0.0238 e. The van der Waals surface area contributed by atoms with E-state index in [2.05, 4.69) is 26.2 Å². The molecule has 0 saturated heterocycles. The first-order chi connectivity index (χ1) is 9.79. The molecule has 0 saturated carbocycles. The molecule has 0 radical (unpaired) electrons. The van der Waals surface area contributed by atoms with E-state index in [1.165, 1.54) is 83.5 Å². The van der Waals surface area contributed by atoms with Gasteiger partial charge >= 0.3 is 0 Å². The predicted molar refractivity (Wildman–Crippen MR) is 91.6 cm³/mol. The topological polar surface area (TPSA) is 38.0 Å². The van der Waals surface area contributed by atoms with Gasteiger partial charge in [0.05, 0.1) is 0 Å². The lowest BCUT2D eigenvalue weighted by Gasteiger charge is -2.26. The van der Waals surface area contributed by atoms with Gasteiger partial charge in [-0.2, -0.15) is 0 Å². The van der Waals surface area contributed by atoms with Crippen LogP contribution in [0.15, 0.2) is 0 Å². The van der Waals surface area contributed by atoms with Crippen molar-refractivity contribution in [3.8, 4) is 0 Å². The Hall–Kier alpha value is -0.0800. The SMILES string of the molecule is CCCCCCCCCCC(NN)C(CCC)CCC. The highest BCUT2D eigenvalue weighted by Gasteiger charge is 2.18. The summed E-state index contributed by atoms with van der Waals surface area (Å²) in [7, 11) is 0. The van der Waals surface area contributed by atoms with Gasteiger partial charge in [-0.3, -0.25) is 11.3 Å². The Labute approximate surface area is 128 Å². The Balaban J connectivity index is 3.66. The van der Waals surface area contributed by atoms with Gasteiger partial charge in [0.25, 0.3) is 0 Å². The van der Waals surface area contributed by atoms with Gasteiger partial charge in [-0.05, 0) is 25.2 Å². The third-order valence-electron chi connectivity index (χ3n) is 4.47. The maximum absolute atomic E-state index is 5.78. The Kier molecular flexibility index (Phi) is 15.3. The van der Waals surface area contributed by atoms with Crippen LogP contribution < -0.4 is 11.3 Å². The van der Waals surface area contributed by atoms with Crippen LogP contribution >= 0.6 is 0 Å². The van der Waals surface area contributed by atoms with Gasteiger partial charge in [0.15, 0.2) is 0 Å². The maximum Gasteiger partial charge on any atom is 0.0238 e. The average molecular weight is 285 g/mol. The molecule has 0 aliphatic rings. The first-order valence-electron chi connectivity index (χ1n) is 9.26. The zero-order valence-electron chi connectivity index (χ0n) is 14.4. The highest BCUT2D eigenvalue weighted by atomic mass is 15.2. The van der Waals surface area contributed by atoms with Crippen molar-refractivity contribution in [1.29, 1.82) is 0 Å². The summed E-state index contributed by atoms with van der Waals surface area (Å²) in [5.41, 5.74) is 3.09. The summed E-state index contributed by atoms with van der Waals surface area (Å²) in [4.78, 5) is 0. The Bertz CT molecular complexity index is 176. The van der Waals surface area contributed by atoms with Crippen LogP contribution in [0.25, 0.3) is 0 Å². The van der Waals surface area contributed by atoms with Crippen molar-refractivity contribution in [2.24, 2.45) is 11.8 Å². The number of unbranched alkanes of at least 4 members (excludes halogenated alkanes) is 7. The summed E-state index contributed by atoms with van der Waals surface area (Å²) in [5, 5.41) is 0. The van der Waals surface area contributed by atoms with E-state index in [1.807, 2.05) is 0 Å². The Morgan fingerprint density at radius 1 is 0.650 bits per heavy atom. The minimum absolute atomic E-state index is 0.537. The lowest BCUT2D eigenvalue weighted by molar-refractivity contribution is 0.292. The molecule has 0 rings (SSSR count). The van der Waals surface area contributed by atoms with Crippen molar-refractivity contribution in [2.75, 3.05) is 0 Å². The molecule has 0 fully saturated rings. The van der Waals surface area contributed by atoms with Crippen molar-refractivity contribution in [2.45, 2.75) is 110 Å². The quantitative estimate of drug-likeness (QED) is 0.234. The van der Waals surface area contributed by atoms with Gasteiger partial charge in [0, 0.05) is 6.04 Å². The minimum atomic E-state index is 0.537. The number of hydrazine groups is 1. The van der Waals surface area contributed by atoms with Crippen LogP contribution in [0.4, 0.5) is 0 Å². The molecule has 0 heterocycles. The molecule has 0 aliphatic carbocycles. The fourth-order valence-corrected chi connectivity index (χ4v) is 3.24. The highest BCUT2D eigenvalue weighted by Crippen LogP contribution is 2.22. The number of nitrogens with one attached hydrogen (secondary N) is 1. The molecule has 2 heteroatoms. The molecule has 3 N–H and O–H groups in total. The van der Waals surface area contributed by atoms with E-state index >= 15 is 0 Å². The molecule has 0 aromatic rings. The van der Waals surface area contributed by atoms with Crippen LogP contribution in [0.5, 0.6) is 0 Å². The summed E-state index contributed by atoms with van der Waals surface area (Å²) in [6, 6.07) is 0.537. The van der Waals surface area contributed by atoms with Crippen LogP contribution in [-0.2, 0) is 0 Å². The normalized spacial score (nSPS) is 13.1. The molecule has 2 nitrogen and oxygen atoms in total. The van der Waals surface area contributed by atoms with Crippen LogP contribution in [-0.4, -0.2) is 6.04 Å². The van der Waals surface area contributed by atoms with E-state index in [9.17, 15) is 0 Å². The monoisotopic (exact) mass is 284 g/mol. The molecule has 1 atom stereocenters. The van der Waals surface area contributed by atoms with Gasteiger partial charge < -0.3 is 0 Å². The van der Waals surface area contributed by atoms with Gasteiger partial charge in [0.2, 0.25) is 0 Å². The zero-order valence-corrected chi connectivity index (χ0v) is 14.4. The highest BCUT2D eigenvalue weighted by molar-refractivity contribution is 4.74. The van der Waals surface area contributed by atoms with Crippen molar-refractivity contribution in [1.82, 2.24) is 5.43 Å². The fourth-order valence-electron chi connectivity index (χ4n) is 3.24. The summed E-state index contributed by atoms with van der Waals surface area (Å²) in [6.45, 7) is 6.85. The predicted octanol–water partition coefficient (Wildman–Crippen LogP) is 5.57. The lowest BCUT2D eigenvalue weighted by Crippen LogP contribution is -2.40. The zero-order chi connectivity index (χ0) is 15.1. The number of nitrogens with two attached hydrogens (primary N) is 1. The van der Waals surface area contributed by atoms with E-state index < -0.39 is 0 Å². The van der Waals surface area contributed by atoms with Gasteiger partial charge in [0.1, 0.15) is 0 Å². The molecule has 0 aromatic carbocycles. The van der Waals surface area contributed by atoms with Crippen molar-refractivity contribution in [3.63, 3.8) is 0 Å². The minimum Gasteiger partial charge on any atom is -0.271 e. The van der Waals surface area contributed by atoms with E-state index in [-0.39, 0.29) is 0 Å². The summed E-state index contributed by atoms with van der Waals surface area (Å²) >= 11 is 0. The molecule has 20 heavy (non-hydrogen) atoms. The van der Waals surface area contributed by atoms with E-state index in [0.29, 0.717) is 6.04 Å². The first kappa shape index (κ1) is 19.9. The summed E-state index contributed by atoms with van der Waals surface area (Å²) < 4.78 is 0. The molecule has 1 unspecified atom stereocenters. The second kappa shape index (κ2) is 15.3. The summed E-state index contributed by atoms with van der Waals surface area (Å²) in [6.07, 6.45) is 17.6. The lowest BCUT2D eigenvalue weighted by atomic mass is 9.87. The van der Waals surface area contributed by atoms with Crippen LogP contribution in [0.1, 0.15) is 104 Å². The van der Waals surface area contributed by atoms with Crippen molar-refractivity contribution >= 4 is 0 Å². The second-order valence-electron chi connectivity index (χ2n) is 6.37. The molecule has 0 aromatic heterocycles.